The van der Waals surface area contributed by atoms with E-state index in [0.717, 1.165) is 24.2 Å². The molecule has 1 aromatic heterocycles. The van der Waals surface area contributed by atoms with E-state index in [1.165, 1.54) is 24.8 Å². The Hall–Kier alpha value is -1.39. The molecule has 1 saturated heterocycles. The van der Waals surface area contributed by atoms with Gasteiger partial charge in [-0.1, -0.05) is 6.07 Å². The molecule has 1 N–H and O–H groups in total. The van der Waals surface area contributed by atoms with Gasteiger partial charge in [0.1, 0.15) is 5.52 Å². The number of hydrogen-bond donors (Lipinski definition) is 1. The first-order valence-corrected chi connectivity index (χ1v) is 6.96. The van der Waals surface area contributed by atoms with Crippen LogP contribution in [0.2, 0.25) is 0 Å². The molecule has 0 bridgehead atoms. The number of hydrogen-bond acceptors (Lipinski definition) is 4. The second-order valence-electron chi connectivity index (χ2n) is 5.58. The van der Waals surface area contributed by atoms with E-state index in [1.807, 2.05) is 0 Å². The second kappa shape index (κ2) is 5.31. The van der Waals surface area contributed by atoms with Crippen LogP contribution >= 0.6 is 0 Å². The Morgan fingerprint density at radius 2 is 2.11 bits per heavy atom. The third-order valence-electron chi connectivity index (χ3n) is 4.08. The third-order valence-corrected chi connectivity index (χ3v) is 4.08. The van der Waals surface area contributed by atoms with Crippen LogP contribution in [0.4, 0.5) is 0 Å². The maximum absolute atomic E-state index is 5.43. The first-order valence-electron chi connectivity index (χ1n) is 6.96. The number of nitrogens with zero attached hydrogens (tertiary/aromatic N) is 2. The second-order valence-corrected chi connectivity index (χ2v) is 5.58. The van der Waals surface area contributed by atoms with Crippen LogP contribution in [0.15, 0.2) is 29.0 Å². The van der Waals surface area contributed by atoms with Crippen molar-refractivity contribution in [1.29, 1.82) is 0 Å². The zero-order chi connectivity index (χ0) is 13.2. The number of rotatable bonds is 3. The molecule has 1 atom stereocenters. The van der Waals surface area contributed by atoms with Gasteiger partial charge in [0, 0.05) is 6.04 Å². The summed E-state index contributed by atoms with van der Waals surface area (Å²) in [5, 5.41) is 3.44. The Labute approximate surface area is 113 Å². The van der Waals surface area contributed by atoms with E-state index < -0.39 is 0 Å². The predicted octanol–water partition coefficient (Wildman–Crippen LogP) is 2.43. The van der Waals surface area contributed by atoms with Gasteiger partial charge in [-0.3, -0.25) is 0 Å². The Morgan fingerprint density at radius 1 is 1.32 bits per heavy atom. The monoisotopic (exact) mass is 259 g/mol. The molecule has 0 spiro atoms. The van der Waals surface area contributed by atoms with Crippen LogP contribution < -0.4 is 5.32 Å². The number of aromatic nitrogens is 1. The van der Waals surface area contributed by atoms with E-state index in [2.05, 4.69) is 47.5 Å². The molecule has 0 saturated carbocycles. The summed E-state index contributed by atoms with van der Waals surface area (Å²) in [4.78, 5) is 6.51. The molecule has 2 heterocycles. The van der Waals surface area contributed by atoms with Crippen molar-refractivity contribution in [2.45, 2.75) is 18.9 Å². The van der Waals surface area contributed by atoms with Crippen LogP contribution in [0.1, 0.15) is 24.4 Å². The van der Waals surface area contributed by atoms with Crippen LogP contribution in [0.3, 0.4) is 0 Å². The maximum atomic E-state index is 5.43. The molecule has 3 rings (SSSR count). The number of oxazole rings is 1. The number of nitrogens with one attached hydrogen (secondary N) is 1. The van der Waals surface area contributed by atoms with E-state index in [0.29, 0.717) is 12.0 Å². The van der Waals surface area contributed by atoms with Crippen LogP contribution in [0.5, 0.6) is 0 Å². The van der Waals surface area contributed by atoms with E-state index >= 15 is 0 Å². The van der Waals surface area contributed by atoms with Gasteiger partial charge in [-0.05, 0) is 63.6 Å². The summed E-state index contributed by atoms with van der Waals surface area (Å²) in [6, 6.07) is 6.86. The molecule has 1 unspecified atom stereocenters. The van der Waals surface area contributed by atoms with Crippen LogP contribution in [-0.4, -0.2) is 37.1 Å². The first kappa shape index (κ1) is 12.6. The largest absolute Gasteiger partial charge is 0.443 e. The molecular weight excluding hydrogens is 238 g/mol. The number of piperidine rings is 1. The molecule has 102 valence electrons. The van der Waals surface area contributed by atoms with E-state index in [4.69, 9.17) is 4.42 Å². The van der Waals surface area contributed by atoms with Crippen LogP contribution in [0, 0.1) is 5.92 Å². The molecule has 0 radical (unpaired) electrons. The van der Waals surface area contributed by atoms with Crippen LogP contribution in [0.25, 0.3) is 11.1 Å². The summed E-state index contributed by atoms with van der Waals surface area (Å²) in [6.07, 6.45) is 3.98. The van der Waals surface area contributed by atoms with Gasteiger partial charge in [-0.25, -0.2) is 4.98 Å². The van der Waals surface area contributed by atoms with Gasteiger partial charge >= 0.3 is 0 Å². The Bertz CT molecular complexity index is 543. The molecule has 1 aliphatic rings. The van der Waals surface area contributed by atoms with E-state index in [-0.39, 0.29) is 0 Å². The van der Waals surface area contributed by atoms with Crippen molar-refractivity contribution in [1.82, 2.24) is 15.2 Å². The molecular formula is C15H21N3O. The van der Waals surface area contributed by atoms with Gasteiger partial charge in [0.15, 0.2) is 12.0 Å². The topological polar surface area (TPSA) is 41.3 Å². The highest BCUT2D eigenvalue weighted by atomic mass is 16.3. The summed E-state index contributed by atoms with van der Waals surface area (Å²) in [7, 11) is 4.33. The van der Waals surface area contributed by atoms with Crippen molar-refractivity contribution in [3.05, 3.63) is 30.2 Å². The Morgan fingerprint density at radius 3 is 2.84 bits per heavy atom. The van der Waals surface area contributed by atoms with Gasteiger partial charge in [-0.15, -0.1) is 0 Å². The van der Waals surface area contributed by atoms with Crippen LogP contribution in [-0.2, 0) is 0 Å². The summed E-state index contributed by atoms with van der Waals surface area (Å²) < 4.78 is 5.43. The Balaban J connectivity index is 1.93. The molecule has 2 aromatic rings. The lowest BCUT2D eigenvalue weighted by Crippen LogP contribution is -2.35. The zero-order valence-corrected chi connectivity index (χ0v) is 11.6. The molecule has 19 heavy (non-hydrogen) atoms. The van der Waals surface area contributed by atoms with Crippen molar-refractivity contribution >= 4 is 11.1 Å². The fourth-order valence-electron chi connectivity index (χ4n) is 3.21. The van der Waals surface area contributed by atoms with Gasteiger partial charge in [0.25, 0.3) is 0 Å². The normalized spacial score (nSPS) is 19.1. The minimum absolute atomic E-state index is 0.455. The molecule has 0 aliphatic carbocycles. The first-order chi connectivity index (χ1) is 9.25. The average Bonchev–Trinajstić information content (AvgIpc) is 2.87. The quantitative estimate of drug-likeness (QED) is 0.919. The summed E-state index contributed by atoms with van der Waals surface area (Å²) in [5.74, 6) is 0.705. The molecule has 0 amide bonds. The minimum atomic E-state index is 0.455. The van der Waals surface area contributed by atoms with Crippen molar-refractivity contribution in [2.24, 2.45) is 5.92 Å². The molecule has 1 aliphatic heterocycles. The van der Waals surface area contributed by atoms with E-state index in [1.54, 1.807) is 0 Å². The highest BCUT2D eigenvalue weighted by Crippen LogP contribution is 2.33. The highest BCUT2D eigenvalue weighted by molar-refractivity contribution is 5.72. The lowest BCUT2D eigenvalue weighted by Gasteiger charge is -2.35. The summed E-state index contributed by atoms with van der Waals surface area (Å²) in [5.41, 5.74) is 3.16. The van der Waals surface area contributed by atoms with Gasteiger partial charge < -0.3 is 14.6 Å². The highest BCUT2D eigenvalue weighted by Gasteiger charge is 2.27. The van der Waals surface area contributed by atoms with Crippen molar-refractivity contribution < 1.29 is 4.42 Å². The fourth-order valence-corrected chi connectivity index (χ4v) is 3.21. The smallest absolute Gasteiger partial charge is 0.181 e. The minimum Gasteiger partial charge on any atom is -0.443 e. The molecule has 1 fully saturated rings. The summed E-state index contributed by atoms with van der Waals surface area (Å²) >= 11 is 0. The number of fused-ring (bicyclic) bond motifs is 1. The van der Waals surface area contributed by atoms with Gasteiger partial charge in [0.05, 0.1) is 0 Å². The summed E-state index contributed by atoms with van der Waals surface area (Å²) in [6.45, 7) is 2.25. The van der Waals surface area contributed by atoms with Crippen molar-refractivity contribution in [2.75, 3.05) is 27.2 Å². The average molecular weight is 259 g/mol. The lowest BCUT2D eigenvalue weighted by atomic mass is 9.85. The fraction of sp³-hybridized carbons (Fsp3) is 0.533. The van der Waals surface area contributed by atoms with Crippen molar-refractivity contribution in [3.63, 3.8) is 0 Å². The van der Waals surface area contributed by atoms with Gasteiger partial charge in [0.2, 0.25) is 0 Å². The third kappa shape index (κ3) is 2.51. The Kier molecular flexibility index (Phi) is 3.53. The van der Waals surface area contributed by atoms with E-state index in [9.17, 15) is 0 Å². The van der Waals surface area contributed by atoms with Crippen molar-refractivity contribution in [3.8, 4) is 0 Å². The maximum Gasteiger partial charge on any atom is 0.181 e. The molecule has 4 heteroatoms. The standard InChI is InChI=1S/C15H21N3O/c1-18(2)15(11-5-7-16-8-6-11)12-3-4-13-14(9-12)19-10-17-13/h3-4,9-11,15-16H,5-8H2,1-2H3. The molecule has 4 nitrogen and oxygen atoms in total. The SMILES string of the molecule is CN(C)C(c1ccc2ncoc2c1)C1CCNCC1. The lowest BCUT2D eigenvalue weighted by molar-refractivity contribution is 0.177. The van der Waals surface area contributed by atoms with Gasteiger partial charge in [-0.2, -0.15) is 0 Å². The predicted molar refractivity (Wildman–Crippen MR) is 76.0 cm³/mol. The zero-order valence-electron chi connectivity index (χ0n) is 11.6. The molecule has 1 aromatic carbocycles. The number of benzene rings is 1.